The zero-order valence-electron chi connectivity index (χ0n) is 10.2. The van der Waals surface area contributed by atoms with Gasteiger partial charge in [0.15, 0.2) is 0 Å². The molecular formula is C13H17BrN2O2. The lowest BCUT2D eigenvalue weighted by Crippen LogP contribution is -2.45. The van der Waals surface area contributed by atoms with Gasteiger partial charge >= 0.3 is 0 Å². The SMILES string of the molecule is O=C(c1ccc(Br)nc1)N(CCCO)C1CCC1. The van der Waals surface area contributed by atoms with Crippen LogP contribution < -0.4 is 0 Å². The zero-order chi connectivity index (χ0) is 13.0. The fourth-order valence-corrected chi connectivity index (χ4v) is 2.29. The molecule has 1 aliphatic carbocycles. The van der Waals surface area contributed by atoms with Crippen molar-refractivity contribution < 1.29 is 9.90 Å². The molecule has 0 bridgehead atoms. The van der Waals surface area contributed by atoms with Crippen molar-refractivity contribution in [2.75, 3.05) is 13.2 Å². The molecule has 4 nitrogen and oxygen atoms in total. The zero-order valence-corrected chi connectivity index (χ0v) is 11.8. The van der Waals surface area contributed by atoms with Gasteiger partial charge in [-0.25, -0.2) is 4.98 Å². The van der Waals surface area contributed by atoms with Crippen molar-refractivity contribution in [2.45, 2.75) is 31.7 Å². The third-order valence-corrected chi connectivity index (χ3v) is 3.78. The van der Waals surface area contributed by atoms with Gasteiger partial charge in [-0.3, -0.25) is 4.79 Å². The normalized spacial score (nSPS) is 15.2. The van der Waals surface area contributed by atoms with Gasteiger partial charge in [0.05, 0.1) is 5.56 Å². The van der Waals surface area contributed by atoms with Gasteiger partial charge in [0.2, 0.25) is 0 Å². The molecule has 2 rings (SSSR count). The second-order valence-electron chi connectivity index (χ2n) is 4.53. The van der Waals surface area contributed by atoms with Gasteiger partial charge in [-0.2, -0.15) is 0 Å². The molecule has 0 unspecified atom stereocenters. The van der Waals surface area contributed by atoms with Crippen LogP contribution in [0, 0.1) is 0 Å². The lowest BCUT2D eigenvalue weighted by atomic mass is 9.91. The second-order valence-corrected chi connectivity index (χ2v) is 5.34. The minimum absolute atomic E-state index is 0.0214. The molecule has 0 radical (unpaired) electrons. The van der Waals surface area contributed by atoms with E-state index >= 15 is 0 Å². The van der Waals surface area contributed by atoms with E-state index in [2.05, 4.69) is 20.9 Å². The van der Waals surface area contributed by atoms with E-state index in [1.54, 1.807) is 18.3 Å². The molecule has 18 heavy (non-hydrogen) atoms. The number of carbonyl (C=O) groups is 1. The van der Waals surface area contributed by atoms with Crippen molar-refractivity contribution in [2.24, 2.45) is 0 Å². The monoisotopic (exact) mass is 312 g/mol. The number of aliphatic hydroxyl groups is 1. The van der Waals surface area contributed by atoms with E-state index in [1.165, 1.54) is 6.42 Å². The van der Waals surface area contributed by atoms with E-state index in [1.807, 2.05) is 4.90 Å². The molecule has 1 aliphatic rings. The van der Waals surface area contributed by atoms with Gasteiger partial charge in [0, 0.05) is 25.4 Å². The Morgan fingerprint density at radius 1 is 1.50 bits per heavy atom. The Morgan fingerprint density at radius 2 is 2.28 bits per heavy atom. The van der Waals surface area contributed by atoms with E-state index in [0.29, 0.717) is 24.6 Å². The Bertz CT molecular complexity index is 404. The predicted octanol–water partition coefficient (Wildman–Crippen LogP) is 2.22. The van der Waals surface area contributed by atoms with Crippen LogP contribution in [0.25, 0.3) is 0 Å². The van der Waals surface area contributed by atoms with Gasteiger partial charge in [-0.05, 0) is 53.7 Å². The number of rotatable bonds is 5. The average molecular weight is 313 g/mol. The number of hydrogen-bond donors (Lipinski definition) is 1. The van der Waals surface area contributed by atoms with Crippen molar-refractivity contribution in [3.63, 3.8) is 0 Å². The van der Waals surface area contributed by atoms with Crippen molar-refractivity contribution >= 4 is 21.8 Å². The highest BCUT2D eigenvalue weighted by Crippen LogP contribution is 2.26. The van der Waals surface area contributed by atoms with Crippen LogP contribution in [0.15, 0.2) is 22.9 Å². The highest BCUT2D eigenvalue weighted by Gasteiger charge is 2.28. The molecule has 0 spiro atoms. The third-order valence-electron chi connectivity index (χ3n) is 3.31. The molecule has 1 aromatic rings. The lowest BCUT2D eigenvalue weighted by Gasteiger charge is -2.37. The van der Waals surface area contributed by atoms with Crippen LogP contribution in [0.5, 0.6) is 0 Å². The first kappa shape index (κ1) is 13.5. The maximum absolute atomic E-state index is 12.4. The second kappa shape index (κ2) is 6.29. The molecule has 1 fully saturated rings. The van der Waals surface area contributed by atoms with Crippen molar-refractivity contribution in [3.8, 4) is 0 Å². The smallest absolute Gasteiger partial charge is 0.255 e. The van der Waals surface area contributed by atoms with E-state index < -0.39 is 0 Å². The number of aromatic nitrogens is 1. The van der Waals surface area contributed by atoms with Gasteiger partial charge < -0.3 is 10.0 Å². The Labute approximate surface area is 115 Å². The highest BCUT2D eigenvalue weighted by molar-refractivity contribution is 9.10. The average Bonchev–Trinajstić information content (AvgIpc) is 2.32. The summed E-state index contributed by atoms with van der Waals surface area (Å²) in [6.07, 6.45) is 5.55. The Kier molecular flexibility index (Phi) is 4.72. The largest absolute Gasteiger partial charge is 0.396 e. The fourth-order valence-electron chi connectivity index (χ4n) is 2.06. The number of halogens is 1. The third kappa shape index (κ3) is 3.09. The molecule has 5 heteroatoms. The molecule has 1 heterocycles. The van der Waals surface area contributed by atoms with Crippen LogP contribution in [0.2, 0.25) is 0 Å². The van der Waals surface area contributed by atoms with Crippen LogP contribution in [0.1, 0.15) is 36.0 Å². The molecular weight excluding hydrogens is 296 g/mol. The van der Waals surface area contributed by atoms with Crippen LogP contribution >= 0.6 is 15.9 Å². The Hall–Kier alpha value is -0.940. The number of carbonyl (C=O) groups excluding carboxylic acids is 1. The summed E-state index contributed by atoms with van der Waals surface area (Å²) >= 11 is 3.26. The molecule has 1 saturated carbocycles. The van der Waals surface area contributed by atoms with Crippen molar-refractivity contribution in [1.29, 1.82) is 0 Å². The van der Waals surface area contributed by atoms with Gasteiger partial charge in [-0.15, -0.1) is 0 Å². The Balaban J connectivity index is 2.08. The summed E-state index contributed by atoms with van der Waals surface area (Å²) in [7, 11) is 0. The topological polar surface area (TPSA) is 53.4 Å². The van der Waals surface area contributed by atoms with Gasteiger partial charge in [-0.1, -0.05) is 0 Å². The van der Waals surface area contributed by atoms with E-state index in [0.717, 1.165) is 17.4 Å². The molecule has 1 N–H and O–H groups in total. The predicted molar refractivity (Wildman–Crippen MR) is 72.3 cm³/mol. The van der Waals surface area contributed by atoms with Crippen molar-refractivity contribution in [3.05, 3.63) is 28.5 Å². The summed E-state index contributed by atoms with van der Waals surface area (Å²) in [6, 6.07) is 3.90. The summed E-state index contributed by atoms with van der Waals surface area (Å²) in [5, 5.41) is 8.92. The maximum Gasteiger partial charge on any atom is 0.255 e. The summed E-state index contributed by atoms with van der Waals surface area (Å²) in [5.74, 6) is 0.0214. The number of aliphatic hydroxyl groups excluding tert-OH is 1. The minimum atomic E-state index is 0.0214. The summed E-state index contributed by atoms with van der Waals surface area (Å²) in [5.41, 5.74) is 0.614. The van der Waals surface area contributed by atoms with E-state index in [9.17, 15) is 4.79 Å². The highest BCUT2D eigenvalue weighted by atomic mass is 79.9. The van der Waals surface area contributed by atoms with E-state index in [4.69, 9.17) is 5.11 Å². The molecule has 1 aromatic heterocycles. The number of hydrogen-bond acceptors (Lipinski definition) is 3. The lowest BCUT2D eigenvalue weighted by molar-refractivity contribution is 0.0562. The first-order valence-corrected chi connectivity index (χ1v) is 7.05. The standard InChI is InChI=1S/C13H17BrN2O2/c14-12-6-5-10(9-15-12)13(18)16(7-2-8-17)11-3-1-4-11/h5-6,9,11,17H,1-4,7-8H2. The Morgan fingerprint density at radius 3 is 2.78 bits per heavy atom. The van der Waals surface area contributed by atoms with Gasteiger partial charge in [0.25, 0.3) is 5.91 Å². The van der Waals surface area contributed by atoms with Crippen LogP contribution in [-0.4, -0.2) is 40.1 Å². The first-order valence-electron chi connectivity index (χ1n) is 6.26. The fraction of sp³-hybridized carbons (Fsp3) is 0.538. The molecule has 0 aromatic carbocycles. The molecule has 0 atom stereocenters. The van der Waals surface area contributed by atoms with Crippen LogP contribution in [-0.2, 0) is 0 Å². The quantitative estimate of drug-likeness (QED) is 0.848. The van der Waals surface area contributed by atoms with Crippen LogP contribution in [0.3, 0.4) is 0 Å². The first-order chi connectivity index (χ1) is 8.72. The maximum atomic E-state index is 12.4. The molecule has 0 saturated heterocycles. The minimum Gasteiger partial charge on any atom is -0.396 e. The molecule has 98 valence electrons. The molecule has 0 aliphatic heterocycles. The number of pyridine rings is 1. The van der Waals surface area contributed by atoms with Crippen molar-refractivity contribution in [1.82, 2.24) is 9.88 Å². The van der Waals surface area contributed by atoms with Gasteiger partial charge in [0.1, 0.15) is 4.60 Å². The van der Waals surface area contributed by atoms with Crippen LogP contribution in [0.4, 0.5) is 0 Å². The van der Waals surface area contributed by atoms with E-state index in [-0.39, 0.29) is 12.5 Å². The molecule has 1 amide bonds. The summed E-state index contributed by atoms with van der Waals surface area (Å²) < 4.78 is 0.726. The summed E-state index contributed by atoms with van der Waals surface area (Å²) in [4.78, 5) is 18.4. The number of amides is 1. The summed E-state index contributed by atoms with van der Waals surface area (Å²) in [6.45, 7) is 0.741. The number of nitrogens with zero attached hydrogens (tertiary/aromatic N) is 2.